The van der Waals surface area contributed by atoms with Crippen LogP contribution in [0.4, 0.5) is 0 Å². The van der Waals surface area contributed by atoms with Crippen molar-refractivity contribution in [1.82, 2.24) is 10.6 Å². The molecule has 2 aromatic carbocycles. The smallest absolute Gasteiger partial charge is 0.257 e. The highest BCUT2D eigenvalue weighted by Gasteiger charge is 2.56. The molecule has 0 saturated heterocycles. The molecular weight excluding hydrogens is 444 g/mol. The van der Waals surface area contributed by atoms with Crippen LogP contribution in [0.25, 0.3) is 0 Å². The van der Waals surface area contributed by atoms with E-state index in [1.54, 1.807) is 0 Å². The molecule has 2 unspecified atom stereocenters. The number of benzene rings is 2. The van der Waals surface area contributed by atoms with E-state index in [1.165, 1.54) is 0 Å². The zero-order valence-electron chi connectivity index (χ0n) is 20.7. The summed E-state index contributed by atoms with van der Waals surface area (Å²) in [5.41, 5.74) is 2.03. The number of rotatable bonds is 13. The number of nitrogens with one attached hydrogen (secondary N) is 2. The molecule has 35 heavy (non-hydrogen) atoms. The molecule has 1 fully saturated rings. The number of carbonyl (C=O) groups excluding carboxylic acids is 3. The van der Waals surface area contributed by atoms with Gasteiger partial charge < -0.3 is 20.5 Å². The molecule has 0 aromatic heterocycles. The van der Waals surface area contributed by atoms with Crippen LogP contribution in [0.15, 0.2) is 54.6 Å². The van der Waals surface area contributed by atoms with Crippen LogP contribution < -0.4 is 15.4 Å². The maximum Gasteiger partial charge on any atom is 0.257 e. The highest BCUT2D eigenvalue weighted by atomic mass is 16.5. The normalized spacial score (nSPS) is 18.6. The van der Waals surface area contributed by atoms with Gasteiger partial charge in [0.15, 0.2) is 6.61 Å². The van der Waals surface area contributed by atoms with Crippen LogP contribution in [-0.4, -0.2) is 48.0 Å². The third-order valence-corrected chi connectivity index (χ3v) is 6.37. The second-order valence-corrected chi connectivity index (χ2v) is 9.55. The summed E-state index contributed by atoms with van der Waals surface area (Å²) in [6.45, 7) is 6.23. The van der Waals surface area contributed by atoms with Crippen molar-refractivity contribution >= 4 is 17.6 Å². The van der Waals surface area contributed by atoms with Gasteiger partial charge in [-0.1, -0.05) is 61.9 Å². The van der Waals surface area contributed by atoms with Gasteiger partial charge in [-0.2, -0.15) is 0 Å². The highest BCUT2D eigenvalue weighted by molar-refractivity contribution is 6.05. The van der Waals surface area contributed by atoms with Crippen LogP contribution >= 0.6 is 0 Å². The highest BCUT2D eigenvalue weighted by Crippen LogP contribution is 2.46. The van der Waals surface area contributed by atoms with Gasteiger partial charge in [-0.05, 0) is 43.4 Å². The number of unbranched alkanes of at least 4 members (excludes halogenated alkanes) is 1. The monoisotopic (exact) mass is 480 g/mol. The molecule has 3 rings (SSSR count). The van der Waals surface area contributed by atoms with E-state index in [2.05, 4.69) is 10.6 Å². The molecular formula is C28H36N2O5. The summed E-state index contributed by atoms with van der Waals surface area (Å²) < 4.78 is 5.45. The Balaban J connectivity index is 1.35. The lowest BCUT2D eigenvalue weighted by molar-refractivity contribution is -0.124. The minimum Gasteiger partial charge on any atom is -0.484 e. The second kappa shape index (κ2) is 12.5. The molecule has 1 saturated carbocycles. The summed E-state index contributed by atoms with van der Waals surface area (Å²) in [4.78, 5) is 36.8. The first-order valence-electron chi connectivity index (χ1n) is 12.3. The first-order chi connectivity index (χ1) is 16.8. The van der Waals surface area contributed by atoms with Gasteiger partial charge in [-0.15, -0.1) is 0 Å². The minimum absolute atomic E-state index is 0.0192. The van der Waals surface area contributed by atoms with Crippen molar-refractivity contribution in [3.63, 3.8) is 0 Å². The first kappa shape index (κ1) is 26.4. The minimum atomic E-state index is -0.926. The maximum atomic E-state index is 12.5. The topological polar surface area (TPSA) is 105 Å². The van der Waals surface area contributed by atoms with Crippen molar-refractivity contribution in [2.24, 2.45) is 11.8 Å². The fourth-order valence-electron chi connectivity index (χ4n) is 4.26. The average molecular weight is 481 g/mol. The van der Waals surface area contributed by atoms with Gasteiger partial charge in [0.2, 0.25) is 5.91 Å². The summed E-state index contributed by atoms with van der Waals surface area (Å²) in [5.74, 6) is -0.517. The third kappa shape index (κ3) is 7.65. The van der Waals surface area contributed by atoms with E-state index in [-0.39, 0.29) is 42.5 Å². The number of ketones is 1. The Hall–Kier alpha value is -3.19. The van der Waals surface area contributed by atoms with Gasteiger partial charge in [0.05, 0.1) is 24.0 Å². The Kier molecular flexibility index (Phi) is 9.43. The molecule has 0 radical (unpaired) electrons. The van der Waals surface area contributed by atoms with E-state index in [9.17, 15) is 19.5 Å². The zero-order valence-corrected chi connectivity index (χ0v) is 20.7. The molecule has 4 atom stereocenters. The van der Waals surface area contributed by atoms with Gasteiger partial charge in [-0.3, -0.25) is 14.4 Å². The number of aryl methyl sites for hydroxylation is 1. The number of aliphatic hydroxyl groups excluding tert-OH is 1. The number of Topliss-reactive ketones (excluding diaryl/α,β-unsaturated/α-hetero) is 1. The van der Waals surface area contributed by atoms with Crippen LogP contribution in [-0.2, 0) is 14.4 Å². The summed E-state index contributed by atoms with van der Waals surface area (Å²) >= 11 is 0. The van der Waals surface area contributed by atoms with Crippen molar-refractivity contribution in [3.05, 3.63) is 65.7 Å². The summed E-state index contributed by atoms with van der Waals surface area (Å²) in [6, 6.07) is 16.4. The Morgan fingerprint density at radius 3 is 2.34 bits per heavy atom. The second-order valence-electron chi connectivity index (χ2n) is 9.55. The molecule has 0 aliphatic heterocycles. The van der Waals surface area contributed by atoms with Gasteiger partial charge in [0.25, 0.3) is 5.91 Å². The molecule has 3 N–H and O–H groups in total. The Morgan fingerprint density at radius 2 is 1.69 bits per heavy atom. The molecule has 2 aromatic rings. The predicted molar refractivity (Wildman–Crippen MR) is 134 cm³/mol. The van der Waals surface area contributed by atoms with Crippen LogP contribution in [0.3, 0.4) is 0 Å². The predicted octanol–water partition coefficient (Wildman–Crippen LogP) is 3.14. The Labute approximate surface area is 207 Å². The lowest BCUT2D eigenvalue weighted by Crippen LogP contribution is -2.48. The van der Waals surface area contributed by atoms with E-state index in [0.717, 1.165) is 11.1 Å². The number of aliphatic hydroxyl groups is 1. The van der Waals surface area contributed by atoms with E-state index in [1.807, 2.05) is 75.4 Å². The fraction of sp³-hybridized carbons (Fsp3) is 0.464. The van der Waals surface area contributed by atoms with Crippen molar-refractivity contribution in [3.8, 4) is 5.75 Å². The van der Waals surface area contributed by atoms with Gasteiger partial charge in [0.1, 0.15) is 11.5 Å². The van der Waals surface area contributed by atoms with Crippen LogP contribution in [0.1, 0.15) is 50.2 Å². The molecule has 0 bridgehead atoms. The van der Waals surface area contributed by atoms with Crippen LogP contribution in [0.2, 0.25) is 0 Å². The molecule has 7 nitrogen and oxygen atoms in total. The number of hydrogen-bond donors (Lipinski definition) is 3. The first-order valence-corrected chi connectivity index (χ1v) is 12.3. The largest absolute Gasteiger partial charge is 0.484 e. The number of carbonyl (C=O) groups is 3. The molecule has 7 heteroatoms. The standard InChI is InChI=1S/C28H36N2O5/c1-18(2)26(28(34)25-24(27(25)33)20-9-5-4-6-10-20)30-22(31)11-7-8-16-29-23(32)17-35-21-14-12-19(3)13-15-21/h4-6,9-10,12-15,18,24-26,28,34H,7-8,11,16-17H2,1-3H3,(H,29,32)(H,30,31)/t24?,25?,26-,28-/m0/s1. The van der Waals surface area contributed by atoms with Crippen molar-refractivity contribution in [1.29, 1.82) is 0 Å². The Bertz CT molecular complexity index is 990. The lowest BCUT2D eigenvalue weighted by atomic mass is 9.93. The van der Waals surface area contributed by atoms with E-state index in [0.29, 0.717) is 25.1 Å². The van der Waals surface area contributed by atoms with Gasteiger partial charge >= 0.3 is 0 Å². The van der Waals surface area contributed by atoms with Gasteiger partial charge in [0, 0.05) is 13.0 Å². The quantitative estimate of drug-likeness (QED) is 0.382. The molecule has 2 amide bonds. The zero-order chi connectivity index (χ0) is 25.4. The van der Waals surface area contributed by atoms with E-state index < -0.39 is 18.1 Å². The van der Waals surface area contributed by atoms with Crippen LogP contribution in [0, 0.1) is 18.8 Å². The molecule has 188 valence electrons. The molecule has 0 spiro atoms. The SMILES string of the molecule is Cc1ccc(OCC(=O)NCCCCC(=O)N[C@@H](C(C)C)[C@@H](O)C2C(=O)C2c2ccccc2)cc1. The molecule has 1 aliphatic rings. The van der Waals surface area contributed by atoms with Gasteiger partial charge in [-0.25, -0.2) is 0 Å². The maximum absolute atomic E-state index is 12.5. The molecule has 0 heterocycles. The van der Waals surface area contributed by atoms with E-state index in [4.69, 9.17) is 4.74 Å². The summed E-state index contributed by atoms with van der Waals surface area (Å²) in [7, 11) is 0. The van der Waals surface area contributed by atoms with Crippen molar-refractivity contribution < 1.29 is 24.2 Å². The molecule has 1 aliphatic carbocycles. The lowest BCUT2D eigenvalue weighted by Gasteiger charge is -2.27. The van der Waals surface area contributed by atoms with Crippen LogP contribution in [0.5, 0.6) is 5.75 Å². The fourth-order valence-corrected chi connectivity index (χ4v) is 4.26. The number of amides is 2. The van der Waals surface area contributed by atoms with Crippen molar-refractivity contribution in [2.75, 3.05) is 13.2 Å². The number of ether oxygens (including phenoxy) is 1. The summed E-state index contributed by atoms with van der Waals surface area (Å²) in [6.07, 6.45) is 0.604. The van der Waals surface area contributed by atoms with Crippen molar-refractivity contribution in [2.45, 2.75) is 58.1 Å². The average Bonchev–Trinajstić information content (AvgIpc) is 3.52. The third-order valence-electron chi connectivity index (χ3n) is 6.37. The number of hydrogen-bond acceptors (Lipinski definition) is 5. The summed E-state index contributed by atoms with van der Waals surface area (Å²) in [5, 5.41) is 16.6. The van der Waals surface area contributed by atoms with E-state index >= 15 is 0 Å². The Morgan fingerprint density at radius 1 is 1.00 bits per heavy atom.